The average Bonchev–Trinajstić information content (AvgIpc) is 2.61. The maximum Gasteiger partial charge on any atom is 0.314 e. The number of carbonyl (C=O) groups excluding carboxylic acids is 2. The Labute approximate surface area is 137 Å². The second kappa shape index (κ2) is 9.30. The van der Waals surface area contributed by atoms with Crippen LogP contribution in [0.2, 0.25) is 0 Å². The monoisotopic (exact) mass is 318 g/mol. The lowest BCUT2D eigenvalue weighted by Gasteiger charge is -2.22. The smallest absolute Gasteiger partial charge is 0.314 e. The van der Waals surface area contributed by atoms with Crippen molar-refractivity contribution in [2.45, 2.75) is 31.6 Å². The van der Waals surface area contributed by atoms with Crippen molar-refractivity contribution >= 4 is 11.9 Å². The summed E-state index contributed by atoms with van der Waals surface area (Å²) in [4.78, 5) is 24.0. The van der Waals surface area contributed by atoms with E-state index in [9.17, 15) is 9.59 Å². The van der Waals surface area contributed by atoms with E-state index in [4.69, 9.17) is 4.74 Å². The van der Waals surface area contributed by atoms with E-state index in [2.05, 4.69) is 10.6 Å². The molecule has 1 atom stereocenters. The highest BCUT2D eigenvalue weighted by molar-refractivity contribution is 5.80. The van der Waals surface area contributed by atoms with Crippen LogP contribution in [0.15, 0.2) is 30.3 Å². The number of methoxy groups -OCH3 is 1. The highest BCUT2D eigenvalue weighted by atomic mass is 16.5. The molecule has 1 aliphatic heterocycles. The van der Waals surface area contributed by atoms with Gasteiger partial charge in [0.25, 0.3) is 0 Å². The molecule has 0 bridgehead atoms. The van der Waals surface area contributed by atoms with Crippen molar-refractivity contribution < 1.29 is 14.3 Å². The van der Waals surface area contributed by atoms with Gasteiger partial charge in [-0.2, -0.15) is 0 Å². The number of carbonyl (C=O) groups is 2. The summed E-state index contributed by atoms with van der Waals surface area (Å²) in [5.41, 5.74) is 0.859. The zero-order valence-corrected chi connectivity index (χ0v) is 13.7. The minimum Gasteiger partial charge on any atom is -0.468 e. The summed E-state index contributed by atoms with van der Waals surface area (Å²) >= 11 is 0. The van der Waals surface area contributed by atoms with Crippen LogP contribution in [-0.2, 0) is 14.3 Å². The van der Waals surface area contributed by atoms with Crippen LogP contribution >= 0.6 is 0 Å². The van der Waals surface area contributed by atoms with Crippen LogP contribution in [0.4, 0.5) is 0 Å². The number of esters is 1. The molecule has 5 nitrogen and oxygen atoms in total. The summed E-state index contributed by atoms with van der Waals surface area (Å²) in [5.74, 6) is -0.139. The van der Waals surface area contributed by atoms with E-state index in [-0.39, 0.29) is 18.4 Å². The summed E-state index contributed by atoms with van der Waals surface area (Å²) < 4.78 is 4.86. The Bertz CT molecular complexity index is 498. The molecular formula is C18H26N2O3. The number of rotatable bonds is 7. The molecule has 0 aromatic heterocycles. The fourth-order valence-electron chi connectivity index (χ4n) is 2.97. The minimum absolute atomic E-state index is 0.00775. The Morgan fingerprint density at radius 3 is 2.61 bits per heavy atom. The number of hydrogen-bond donors (Lipinski definition) is 2. The predicted octanol–water partition coefficient (Wildman–Crippen LogP) is 1.84. The first kappa shape index (κ1) is 17.5. The fourth-order valence-corrected chi connectivity index (χ4v) is 2.97. The van der Waals surface area contributed by atoms with Crippen molar-refractivity contribution in [1.29, 1.82) is 0 Å². The van der Waals surface area contributed by atoms with Crippen molar-refractivity contribution in [2.24, 2.45) is 5.92 Å². The van der Waals surface area contributed by atoms with Crippen LogP contribution in [0.1, 0.15) is 37.2 Å². The van der Waals surface area contributed by atoms with Gasteiger partial charge in [-0.15, -0.1) is 0 Å². The molecule has 1 fully saturated rings. The van der Waals surface area contributed by atoms with Crippen molar-refractivity contribution in [1.82, 2.24) is 10.6 Å². The van der Waals surface area contributed by atoms with Gasteiger partial charge in [0.2, 0.25) is 5.91 Å². The van der Waals surface area contributed by atoms with E-state index < -0.39 is 5.92 Å². The van der Waals surface area contributed by atoms with Gasteiger partial charge in [0.05, 0.1) is 13.0 Å². The lowest BCUT2D eigenvalue weighted by molar-refractivity contribution is -0.142. The summed E-state index contributed by atoms with van der Waals surface area (Å²) in [5, 5.41) is 6.21. The number of amides is 1. The molecule has 5 heteroatoms. The normalized spacial score (nSPS) is 16.6. The van der Waals surface area contributed by atoms with Gasteiger partial charge in [0.1, 0.15) is 0 Å². The lowest BCUT2D eigenvalue weighted by atomic mass is 9.93. The van der Waals surface area contributed by atoms with Gasteiger partial charge in [-0.1, -0.05) is 30.3 Å². The van der Waals surface area contributed by atoms with E-state index in [1.165, 1.54) is 7.11 Å². The Balaban J connectivity index is 1.80. The van der Waals surface area contributed by atoms with Crippen molar-refractivity contribution in [3.8, 4) is 0 Å². The Morgan fingerprint density at radius 2 is 1.96 bits per heavy atom. The number of benzene rings is 1. The summed E-state index contributed by atoms with van der Waals surface area (Å²) in [7, 11) is 1.37. The van der Waals surface area contributed by atoms with Gasteiger partial charge in [-0.05, 0) is 43.8 Å². The van der Waals surface area contributed by atoms with Crippen LogP contribution in [-0.4, -0.2) is 38.6 Å². The summed E-state index contributed by atoms with van der Waals surface area (Å²) in [6, 6.07) is 9.41. The molecule has 2 rings (SSSR count). The molecule has 0 spiro atoms. The van der Waals surface area contributed by atoms with E-state index in [0.29, 0.717) is 12.3 Å². The molecule has 0 aliphatic carbocycles. The molecule has 0 radical (unpaired) electrons. The first-order valence-corrected chi connectivity index (χ1v) is 8.31. The minimum atomic E-state index is -0.455. The van der Waals surface area contributed by atoms with Gasteiger partial charge < -0.3 is 15.4 Å². The van der Waals surface area contributed by atoms with E-state index >= 15 is 0 Å². The second-order valence-corrected chi connectivity index (χ2v) is 6.02. The van der Waals surface area contributed by atoms with Crippen molar-refractivity contribution in [2.75, 3.05) is 26.7 Å². The number of piperidine rings is 1. The first-order valence-electron chi connectivity index (χ1n) is 8.31. The quantitative estimate of drug-likeness (QED) is 0.753. The van der Waals surface area contributed by atoms with Crippen molar-refractivity contribution in [3.63, 3.8) is 0 Å². The number of hydrogen-bond acceptors (Lipinski definition) is 4. The van der Waals surface area contributed by atoms with Crippen LogP contribution < -0.4 is 10.6 Å². The molecule has 1 aromatic carbocycles. The lowest BCUT2D eigenvalue weighted by Crippen LogP contribution is -2.33. The van der Waals surface area contributed by atoms with Crippen molar-refractivity contribution in [3.05, 3.63) is 35.9 Å². The molecule has 1 unspecified atom stereocenters. The molecular weight excluding hydrogens is 292 g/mol. The second-order valence-electron chi connectivity index (χ2n) is 6.02. The zero-order chi connectivity index (χ0) is 16.5. The molecule has 1 amide bonds. The van der Waals surface area contributed by atoms with Gasteiger partial charge in [-0.25, -0.2) is 0 Å². The molecule has 0 saturated carbocycles. The molecule has 1 aromatic rings. The third-order valence-electron chi connectivity index (χ3n) is 4.43. The zero-order valence-electron chi connectivity index (χ0n) is 13.7. The number of ether oxygens (including phenoxy) is 1. The van der Waals surface area contributed by atoms with Crippen LogP contribution in [0.25, 0.3) is 0 Å². The summed E-state index contributed by atoms with van der Waals surface area (Å²) in [6.45, 7) is 2.37. The van der Waals surface area contributed by atoms with Gasteiger partial charge in [-0.3, -0.25) is 9.59 Å². The number of nitrogens with one attached hydrogen (secondary N) is 2. The summed E-state index contributed by atoms with van der Waals surface area (Å²) in [6.07, 6.45) is 3.72. The standard InChI is InChI=1S/C18H26N2O3/c1-23-18(22)16(15-5-3-2-4-6-15)13-20-17(21)8-7-14-9-11-19-12-10-14/h2-6,14,16,19H,7-13H2,1H3,(H,20,21). The topological polar surface area (TPSA) is 67.4 Å². The molecule has 1 aliphatic rings. The molecule has 2 N–H and O–H groups in total. The van der Waals surface area contributed by atoms with Gasteiger partial charge in [0, 0.05) is 13.0 Å². The molecule has 23 heavy (non-hydrogen) atoms. The third kappa shape index (κ3) is 5.67. The Kier molecular flexibility index (Phi) is 7.07. The molecule has 1 heterocycles. The van der Waals surface area contributed by atoms with Crippen LogP contribution in [0.3, 0.4) is 0 Å². The average molecular weight is 318 g/mol. The Morgan fingerprint density at radius 1 is 1.26 bits per heavy atom. The van der Waals surface area contributed by atoms with Crippen LogP contribution in [0.5, 0.6) is 0 Å². The van der Waals surface area contributed by atoms with Crippen LogP contribution in [0, 0.1) is 5.92 Å². The van der Waals surface area contributed by atoms with E-state index in [1.54, 1.807) is 0 Å². The first-order chi connectivity index (χ1) is 11.2. The van der Waals surface area contributed by atoms with Gasteiger partial charge in [0.15, 0.2) is 0 Å². The Hall–Kier alpha value is -1.88. The maximum absolute atomic E-state index is 12.1. The molecule has 1 saturated heterocycles. The largest absolute Gasteiger partial charge is 0.468 e. The van der Waals surface area contributed by atoms with E-state index in [0.717, 1.165) is 37.9 Å². The van der Waals surface area contributed by atoms with E-state index in [1.807, 2.05) is 30.3 Å². The maximum atomic E-state index is 12.1. The SMILES string of the molecule is COC(=O)C(CNC(=O)CCC1CCNCC1)c1ccccc1. The predicted molar refractivity (Wildman–Crippen MR) is 89.0 cm³/mol. The third-order valence-corrected chi connectivity index (χ3v) is 4.43. The highest BCUT2D eigenvalue weighted by Crippen LogP contribution is 2.18. The highest BCUT2D eigenvalue weighted by Gasteiger charge is 2.22. The van der Waals surface area contributed by atoms with Gasteiger partial charge >= 0.3 is 5.97 Å². The molecule has 126 valence electrons. The fraction of sp³-hybridized carbons (Fsp3) is 0.556.